The minimum absolute atomic E-state index is 0.439. The lowest BCUT2D eigenvalue weighted by atomic mass is 9.96. The summed E-state index contributed by atoms with van der Waals surface area (Å²) >= 11 is 0. The number of carboxylic acid groups (broad SMARTS) is 1. The van der Waals surface area contributed by atoms with Crippen LogP contribution in [0.4, 0.5) is 0 Å². The number of aromatic nitrogens is 2. The molecule has 0 saturated carbocycles. The van der Waals surface area contributed by atoms with E-state index >= 15 is 0 Å². The molecule has 1 heterocycles. The van der Waals surface area contributed by atoms with E-state index in [4.69, 9.17) is 5.11 Å². The van der Waals surface area contributed by atoms with Crippen molar-refractivity contribution in [3.8, 4) is 0 Å². The molecule has 16 heavy (non-hydrogen) atoms. The standard InChI is InChI=1S/C12H14N2O2/c1-3-9(12(15)16)8-4-5-11-10(6-8)13-7-14(11)2/h4-7,9H,3H2,1-2H3,(H,15,16). The highest BCUT2D eigenvalue weighted by molar-refractivity contribution is 5.81. The third-order valence-corrected chi connectivity index (χ3v) is 2.86. The van der Waals surface area contributed by atoms with Crippen LogP contribution in [-0.2, 0) is 11.8 Å². The van der Waals surface area contributed by atoms with Crippen molar-refractivity contribution in [3.05, 3.63) is 30.1 Å². The number of rotatable bonds is 3. The summed E-state index contributed by atoms with van der Waals surface area (Å²) in [7, 11) is 1.92. The van der Waals surface area contributed by atoms with Crippen LogP contribution < -0.4 is 0 Å². The first kappa shape index (κ1) is 10.7. The van der Waals surface area contributed by atoms with Crippen molar-refractivity contribution in [1.82, 2.24) is 9.55 Å². The number of fused-ring (bicyclic) bond motifs is 1. The van der Waals surface area contributed by atoms with Gasteiger partial charge in [0.1, 0.15) is 0 Å². The van der Waals surface area contributed by atoms with Gasteiger partial charge in [-0.1, -0.05) is 13.0 Å². The molecule has 0 aliphatic heterocycles. The van der Waals surface area contributed by atoms with E-state index in [1.54, 1.807) is 6.33 Å². The molecule has 84 valence electrons. The Morgan fingerprint density at radius 3 is 2.94 bits per heavy atom. The van der Waals surface area contributed by atoms with Crippen LogP contribution in [0.3, 0.4) is 0 Å². The molecule has 0 aliphatic rings. The lowest BCUT2D eigenvalue weighted by Gasteiger charge is -2.09. The summed E-state index contributed by atoms with van der Waals surface area (Å²) in [5, 5.41) is 9.08. The monoisotopic (exact) mass is 218 g/mol. The van der Waals surface area contributed by atoms with Gasteiger partial charge >= 0.3 is 5.97 Å². The Balaban J connectivity index is 2.50. The van der Waals surface area contributed by atoms with Gasteiger partial charge in [-0.15, -0.1) is 0 Å². The van der Waals surface area contributed by atoms with Gasteiger partial charge in [0.15, 0.2) is 0 Å². The van der Waals surface area contributed by atoms with Gasteiger partial charge in [-0.3, -0.25) is 4.79 Å². The van der Waals surface area contributed by atoms with Crippen LogP contribution in [0.25, 0.3) is 11.0 Å². The van der Waals surface area contributed by atoms with E-state index in [1.165, 1.54) is 0 Å². The van der Waals surface area contributed by atoms with Crippen molar-refractivity contribution in [2.45, 2.75) is 19.3 Å². The van der Waals surface area contributed by atoms with E-state index in [0.717, 1.165) is 16.6 Å². The first-order valence-electron chi connectivity index (χ1n) is 5.27. The fourth-order valence-corrected chi connectivity index (χ4v) is 1.92. The smallest absolute Gasteiger partial charge is 0.310 e. The van der Waals surface area contributed by atoms with Crippen molar-refractivity contribution in [1.29, 1.82) is 0 Å². The molecule has 1 aromatic carbocycles. The predicted molar refractivity (Wildman–Crippen MR) is 61.4 cm³/mol. The van der Waals surface area contributed by atoms with Gasteiger partial charge in [0.25, 0.3) is 0 Å². The van der Waals surface area contributed by atoms with E-state index in [2.05, 4.69) is 4.98 Å². The van der Waals surface area contributed by atoms with Gasteiger partial charge in [-0.2, -0.15) is 0 Å². The molecule has 1 N–H and O–H groups in total. The summed E-state index contributed by atoms with van der Waals surface area (Å²) < 4.78 is 1.92. The third-order valence-electron chi connectivity index (χ3n) is 2.86. The summed E-state index contributed by atoms with van der Waals surface area (Å²) in [6.45, 7) is 1.88. The van der Waals surface area contributed by atoms with Crippen LogP contribution >= 0.6 is 0 Å². The predicted octanol–water partition coefficient (Wildman–Crippen LogP) is 2.15. The molecule has 2 rings (SSSR count). The highest BCUT2D eigenvalue weighted by Crippen LogP contribution is 2.23. The number of hydrogen-bond acceptors (Lipinski definition) is 2. The molecular formula is C12H14N2O2. The van der Waals surface area contributed by atoms with Crippen LogP contribution in [-0.4, -0.2) is 20.6 Å². The Labute approximate surface area is 93.5 Å². The molecule has 0 bridgehead atoms. The number of benzene rings is 1. The Hall–Kier alpha value is -1.84. The van der Waals surface area contributed by atoms with Gasteiger partial charge in [-0.05, 0) is 24.1 Å². The molecule has 0 radical (unpaired) electrons. The number of carboxylic acids is 1. The maximum absolute atomic E-state index is 11.0. The Bertz CT molecular complexity index is 531. The van der Waals surface area contributed by atoms with E-state index in [-0.39, 0.29) is 0 Å². The van der Waals surface area contributed by atoms with Crippen LogP contribution in [0.2, 0.25) is 0 Å². The normalized spacial score (nSPS) is 12.9. The minimum atomic E-state index is -0.780. The lowest BCUT2D eigenvalue weighted by molar-refractivity contribution is -0.138. The van der Waals surface area contributed by atoms with E-state index in [9.17, 15) is 4.79 Å². The Kier molecular flexibility index (Phi) is 2.64. The number of carbonyl (C=O) groups is 1. The van der Waals surface area contributed by atoms with E-state index in [1.807, 2.05) is 36.7 Å². The summed E-state index contributed by atoms with van der Waals surface area (Å²) in [6.07, 6.45) is 2.32. The Morgan fingerprint density at radius 2 is 2.31 bits per heavy atom. The van der Waals surface area contributed by atoms with Gasteiger partial charge < -0.3 is 9.67 Å². The average Bonchev–Trinajstić information content (AvgIpc) is 2.61. The fraction of sp³-hybridized carbons (Fsp3) is 0.333. The number of imidazole rings is 1. The first-order valence-corrected chi connectivity index (χ1v) is 5.27. The molecule has 1 atom stereocenters. The van der Waals surface area contributed by atoms with E-state index < -0.39 is 11.9 Å². The van der Waals surface area contributed by atoms with Crippen molar-refractivity contribution in [3.63, 3.8) is 0 Å². The maximum Gasteiger partial charge on any atom is 0.310 e. The lowest BCUT2D eigenvalue weighted by Crippen LogP contribution is -2.10. The maximum atomic E-state index is 11.0. The van der Waals surface area contributed by atoms with Gasteiger partial charge in [0.05, 0.1) is 23.3 Å². The molecule has 1 unspecified atom stereocenters. The highest BCUT2D eigenvalue weighted by Gasteiger charge is 2.18. The van der Waals surface area contributed by atoms with Crippen molar-refractivity contribution >= 4 is 17.0 Å². The molecule has 2 aromatic rings. The third kappa shape index (κ3) is 1.66. The van der Waals surface area contributed by atoms with E-state index in [0.29, 0.717) is 6.42 Å². The quantitative estimate of drug-likeness (QED) is 0.858. The topological polar surface area (TPSA) is 55.1 Å². The molecule has 0 saturated heterocycles. The summed E-state index contributed by atoms with van der Waals surface area (Å²) in [5.41, 5.74) is 2.69. The zero-order valence-electron chi connectivity index (χ0n) is 9.34. The van der Waals surface area contributed by atoms with Crippen LogP contribution in [0.15, 0.2) is 24.5 Å². The van der Waals surface area contributed by atoms with Gasteiger partial charge in [0.2, 0.25) is 0 Å². The molecule has 0 aliphatic carbocycles. The molecule has 4 nitrogen and oxygen atoms in total. The molecule has 0 fully saturated rings. The minimum Gasteiger partial charge on any atom is -0.481 e. The zero-order chi connectivity index (χ0) is 11.7. The second kappa shape index (κ2) is 3.96. The molecule has 4 heteroatoms. The van der Waals surface area contributed by atoms with Crippen molar-refractivity contribution in [2.75, 3.05) is 0 Å². The van der Waals surface area contributed by atoms with Gasteiger partial charge in [-0.25, -0.2) is 4.98 Å². The number of aryl methyl sites for hydroxylation is 1. The summed E-state index contributed by atoms with van der Waals surface area (Å²) in [5.74, 6) is -1.22. The second-order valence-electron chi connectivity index (χ2n) is 3.90. The zero-order valence-corrected chi connectivity index (χ0v) is 9.34. The number of aliphatic carboxylic acids is 1. The molecule has 0 spiro atoms. The van der Waals surface area contributed by atoms with Crippen molar-refractivity contribution < 1.29 is 9.90 Å². The fourth-order valence-electron chi connectivity index (χ4n) is 1.92. The van der Waals surface area contributed by atoms with Crippen LogP contribution in [0, 0.1) is 0 Å². The number of hydrogen-bond donors (Lipinski definition) is 1. The largest absolute Gasteiger partial charge is 0.481 e. The first-order chi connectivity index (χ1) is 7.63. The molecular weight excluding hydrogens is 204 g/mol. The average molecular weight is 218 g/mol. The van der Waals surface area contributed by atoms with Gasteiger partial charge in [0, 0.05) is 7.05 Å². The van der Waals surface area contributed by atoms with Crippen molar-refractivity contribution in [2.24, 2.45) is 7.05 Å². The SMILES string of the molecule is CCC(C(=O)O)c1ccc2c(c1)ncn2C. The number of nitrogens with zero attached hydrogens (tertiary/aromatic N) is 2. The molecule has 1 aromatic heterocycles. The second-order valence-corrected chi connectivity index (χ2v) is 3.90. The Morgan fingerprint density at radius 1 is 1.56 bits per heavy atom. The van der Waals surface area contributed by atoms with Crippen LogP contribution in [0.5, 0.6) is 0 Å². The summed E-state index contributed by atoms with van der Waals surface area (Å²) in [4.78, 5) is 15.3. The highest BCUT2D eigenvalue weighted by atomic mass is 16.4. The summed E-state index contributed by atoms with van der Waals surface area (Å²) in [6, 6.07) is 5.65. The van der Waals surface area contributed by atoms with Crippen LogP contribution in [0.1, 0.15) is 24.8 Å². The molecule has 0 amide bonds.